The van der Waals surface area contributed by atoms with Crippen molar-refractivity contribution in [1.82, 2.24) is 24.6 Å². The van der Waals surface area contributed by atoms with E-state index in [9.17, 15) is 44.9 Å². The van der Waals surface area contributed by atoms with E-state index in [4.69, 9.17) is 0 Å². The molecule has 3 rings (SSSR count). The molecule has 15 heteroatoms. The number of carboxylic acids is 3. The number of hydrogen-bond donors (Lipinski definition) is 4. The van der Waals surface area contributed by atoms with Crippen LogP contribution in [0.2, 0.25) is 0 Å². The Balaban J connectivity index is 1.87. The van der Waals surface area contributed by atoms with Gasteiger partial charge in [-0.05, 0) is 18.2 Å². The fraction of sp³-hybridized carbons (Fsp3) is 0.385. The zero-order chi connectivity index (χ0) is 29.9. The summed E-state index contributed by atoms with van der Waals surface area (Å²) >= 11 is 0. The number of aromatic nitrogens is 1. The van der Waals surface area contributed by atoms with Crippen molar-refractivity contribution in [3.8, 4) is 5.75 Å². The fourth-order valence-corrected chi connectivity index (χ4v) is 4.28. The molecule has 4 N–H and O–H groups in total. The van der Waals surface area contributed by atoms with Crippen LogP contribution >= 0.6 is 0 Å². The number of aromatic hydroxyl groups is 1. The molecule has 2 heterocycles. The summed E-state index contributed by atoms with van der Waals surface area (Å²) in [6.45, 7) is 1.62. The topological polar surface area (TPSA) is 201 Å². The lowest BCUT2D eigenvalue weighted by molar-refractivity contribution is -0.385. The predicted octanol–water partition coefficient (Wildman–Crippen LogP) is 0.956. The van der Waals surface area contributed by atoms with Gasteiger partial charge in [0.2, 0.25) is 0 Å². The molecule has 0 aliphatic carbocycles. The minimum absolute atomic E-state index is 0.115. The van der Waals surface area contributed by atoms with Crippen molar-refractivity contribution in [3.05, 3.63) is 75.9 Å². The predicted molar refractivity (Wildman–Crippen MR) is 144 cm³/mol. The minimum Gasteiger partial charge on any atom is -0.508 e. The number of nitro groups is 1. The van der Waals surface area contributed by atoms with Gasteiger partial charge in [-0.25, -0.2) is 9.78 Å². The van der Waals surface area contributed by atoms with Gasteiger partial charge in [0.15, 0.2) is 0 Å². The lowest BCUT2D eigenvalue weighted by Crippen LogP contribution is -2.43. The molecule has 0 unspecified atom stereocenters. The third kappa shape index (κ3) is 10.1. The van der Waals surface area contributed by atoms with Gasteiger partial charge < -0.3 is 30.2 Å². The second kappa shape index (κ2) is 14.6. The average Bonchev–Trinajstić information content (AvgIpc) is 2.90. The van der Waals surface area contributed by atoms with Crippen LogP contribution in [0.5, 0.6) is 5.75 Å². The Labute approximate surface area is 235 Å². The van der Waals surface area contributed by atoms with E-state index in [-0.39, 0.29) is 49.9 Å². The number of nitrogens with zero attached hydrogens (tertiary/aromatic N) is 6. The standard InChI is InChI=1S/C26H32N6O9/c33-23-5-4-21(32(40)41)14-19(23)15-28-6-10-30(17-24(34)35)12-8-29(9-13-31(11-7-28)18-25(36)37)16-20-2-1-3-22(27-20)26(38)39/h1-5,8,12,14,33H,6-7,9-11,13,15-18H2,(H,34,35)(H,36,37)(H,38,39)/b12-8-. The summed E-state index contributed by atoms with van der Waals surface area (Å²) in [5, 5.41) is 49.7. The van der Waals surface area contributed by atoms with Gasteiger partial charge in [-0.1, -0.05) is 6.07 Å². The van der Waals surface area contributed by atoms with Crippen LogP contribution in [0.15, 0.2) is 48.8 Å². The quantitative estimate of drug-likeness (QED) is 0.231. The van der Waals surface area contributed by atoms with Gasteiger partial charge in [0.05, 0.1) is 23.7 Å². The van der Waals surface area contributed by atoms with Crippen LogP contribution in [0.3, 0.4) is 0 Å². The molecule has 1 aliphatic heterocycles. The van der Waals surface area contributed by atoms with E-state index in [0.717, 1.165) is 0 Å². The lowest BCUT2D eigenvalue weighted by atomic mass is 10.1. The molecule has 0 radical (unpaired) electrons. The van der Waals surface area contributed by atoms with Crippen molar-refractivity contribution in [3.63, 3.8) is 0 Å². The maximum atomic E-state index is 11.6. The normalized spacial score (nSPS) is 16.4. The Hall–Kier alpha value is -4.76. The van der Waals surface area contributed by atoms with Crippen LogP contribution in [0.1, 0.15) is 21.7 Å². The van der Waals surface area contributed by atoms with Crippen LogP contribution in [-0.4, -0.2) is 120 Å². The van der Waals surface area contributed by atoms with Crippen LogP contribution in [0.4, 0.5) is 5.69 Å². The molecule has 0 saturated heterocycles. The highest BCUT2D eigenvalue weighted by Gasteiger charge is 2.19. The van der Waals surface area contributed by atoms with Gasteiger partial charge in [-0.2, -0.15) is 0 Å². The molecular weight excluding hydrogens is 540 g/mol. The first-order valence-corrected chi connectivity index (χ1v) is 12.7. The maximum Gasteiger partial charge on any atom is 0.354 e. The Kier molecular flexibility index (Phi) is 10.9. The summed E-state index contributed by atoms with van der Waals surface area (Å²) < 4.78 is 0. The molecule has 15 nitrogen and oxygen atoms in total. The fourth-order valence-electron chi connectivity index (χ4n) is 4.28. The molecule has 0 bridgehead atoms. The molecule has 41 heavy (non-hydrogen) atoms. The smallest absolute Gasteiger partial charge is 0.354 e. The second-order valence-corrected chi connectivity index (χ2v) is 9.47. The summed E-state index contributed by atoms with van der Waals surface area (Å²) in [5.41, 5.74) is 0.493. The first-order chi connectivity index (χ1) is 19.5. The number of hydrogen-bond acceptors (Lipinski definition) is 11. The number of carboxylic acid groups (broad SMARTS) is 3. The zero-order valence-corrected chi connectivity index (χ0v) is 22.2. The summed E-state index contributed by atoms with van der Waals surface area (Å²) in [6, 6.07) is 8.34. The van der Waals surface area contributed by atoms with Crippen molar-refractivity contribution in [2.75, 3.05) is 52.4 Å². The highest BCUT2D eigenvalue weighted by atomic mass is 16.6. The van der Waals surface area contributed by atoms with Gasteiger partial charge in [-0.3, -0.25) is 29.5 Å². The number of nitro benzene ring substituents is 1. The van der Waals surface area contributed by atoms with Crippen molar-refractivity contribution in [1.29, 1.82) is 0 Å². The summed E-state index contributed by atoms with van der Waals surface area (Å²) in [7, 11) is 0. The number of rotatable bonds is 10. The summed E-state index contributed by atoms with van der Waals surface area (Å²) in [4.78, 5) is 56.3. The molecule has 1 aliphatic rings. The van der Waals surface area contributed by atoms with Gasteiger partial charge in [0.25, 0.3) is 5.69 Å². The first kappa shape index (κ1) is 30.8. The molecule has 0 fully saturated rings. The van der Waals surface area contributed by atoms with Crippen LogP contribution in [-0.2, 0) is 22.7 Å². The molecule has 2 aromatic rings. The van der Waals surface area contributed by atoms with Crippen molar-refractivity contribution >= 4 is 23.6 Å². The number of phenols is 1. The van der Waals surface area contributed by atoms with E-state index in [2.05, 4.69) is 4.98 Å². The zero-order valence-electron chi connectivity index (χ0n) is 22.2. The van der Waals surface area contributed by atoms with Crippen LogP contribution < -0.4 is 0 Å². The van der Waals surface area contributed by atoms with Gasteiger partial charge in [-0.15, -0.1) is 0 Å². The van der Waals surface area contributed by atoms with Crippen molar-refractivity contribution < 1.29 is 39.7 Å². The highest BCUT2D eigenvalue weighted by Crippen LogP contribution is 2.24. The third-order valence-corrected chi connectivity index (χ3v) is 6.38. The first-order valence-electron chi connectivity index (χ1n) is 12.7. The Morgan fingerprint density at radius 1 is 0.829 bits per heavy atom. The molecule has 0 spiro atoms. The van der Waals surface area contributed by atoms with E-state index < -0.39 is 22.8 Å². The number of pyridine rings is 1. The largest absolute Gasteiger partial charge is 0.508 e. The number of benzene rings is 1. The van der Waals surface area contributed by atoms with Crippen LogP contribution in [0, 0.1) is 10.1 Å². The minimum atomic E-state index is -1.17. The molecule has 1 aromatic heterocycles. The Morgan fingerprint density at radius 3 is 2.15 bits per heavy atom. The molecule has 0 amide bonds. The van der Waals surface area contributed by atoms with E-state index >= 15 is 0 Å². The maximum absolute atomic E-state index is 11.6. The number of aromatic carboxylic acids is 1. The molecular formula is C26H32N6O9. The third-order valence-electron chi connectivity index (χ3n) is 6.38. The average molecular weight is 573 g/mol. The Morgan fingerprint density at radius 2 is 1.46 bits per heavy atom. The molecule has 0 atom stereocenters. The van der Waals surface area contributed by atoms with Crippen LogP contribution in [0.25, 0.3) is 0 Å². The number of non-ortho nitro benzene ring substituents is 1. The lowest BCUT2D eigenvalue weighted by Gasteiger charge is -2.32. The van der Waals surface area contributed by atoms with E-state index in [1.807, 2.05) is 4.90 Å². The summed E-state index contributed by atoms with van der Waals surface area (Å²) in [6.07, 6.45) is 3.26. The second-order valence-electron chi connectivity index (χ2n) is 9.47. The number of aliphatic carboxylic acids is 2. The molecule has 220 valence electrons. The molecule has 1 aromatic carbocycles. The highest BCUT2D eigenvalue weighted by molar-refractivity contribution is 5.85. The van der Waals surface area contributed by atoms with Gasteiger partial charge >= 0.3 is 17.9 Å². The van der Waals surface area contributed by atoms with Gasteiger partial charge in [0.1, 0.15) is 18.0 Å². The van der Waals surface area contributed by atoms with Gasteiger partial charge in [0, 0.05) is 75.9 Å². The van der Waals surface area contributed by atoms with E-state index in [0.29, 0.717) is 44.0 Å². The monoisotopic (exact) mass is 572 g/mol. The molecule has 0 saturated carbocycles. The number of carbonyl (C=O) groups is 3. The summed E-state index contributed by atoms with van der Waals surface area (Å²) in [5.74, 6) is -3.37. The number of phenolic OH excluding ortho intramolecular Hbond substituents is 1. The van der Waals surface area contributed by atoms with E-state index in [1.54, 1.807) is 39.2 Å². The van der Waals surface area contributed by atoms with Crippen molar-refractivity contribution in [2.24, 2.45) is 0 Å². The Bertz CT molecular complexity index is 1290. The SMILES string of the molecule is O=C(O)CN1/C=C\N(Cc2cccc(C(=O)O)n2)CCN(CC(=O)O)CCN(Cc2cc([N+](=O)[O-])ccc2O)CC1. The van der Waals surface area contributed by atoms with E-state index in [1.165, 1.54) is 24.3 Å². The van der Waals surface area contributed by atoms with Crippen molar-refractivity contribution in [2.45, 2.75) is 13.1 Å².